The summed E-state index contributed by atoms with van der Waals surface area (Å²) in [6.07, 6.45) is 0.745. The molecule has 3 heteroatoms. The molecule has 0 amide bonds. The van der Waals surface area contributed by atoms with Gasteiger partial charge in [0.1, 0.15) is 5.75 Å². The van der Waals surface area contributed by atoms with E-state index in [1.807, 2.05) is 18.2 Å². The van der Waals surface area contributed by atoms with Crippen LogP contribution in [0.25, 0.3) is 0 Å². The summed E-state index contributed by atoms with van der Waals surface area (Å²) in [7, 11) is 0. The Morgan fingerprint density at radius 2 is 2.40 bits per heavy atom. The molecule has 1 unspecified atom stereocenters. The second-order valence-corrected chi connectivity index (χ2v) is 3.98. The van der Waals surface area contributed by atoms with E-state index in [0.29, 0.717) is 12.3 Å². The maximum atomic E-state index is 10.4. The van der Waals surface area contributed by atoms with Crippen molar-refractivity contribution in [3.8, 4) is 5.75 Å². The third-order valence-corrected chi connectivity index (χ3v) is 2.73. The molecule has 1 atom stereocenters. The first kappa shape index (κ1) is 10.0. The Morgan fingerprint density at radius 1 is 1.60 bits per heavy atom. The minimum absolute atomic E-state index is 0.175. The quantitative estimate of drug-likeness (QED) is 0.824. The van der Waals surface area contributed by atoms with Crippen LogP contribution in [0.15, 0.2) is 18.2 Å². The molecule has 1 aliphatic rings. The van der Waals surface area contributed by atoms with Crippen LogP contribution >= 0.6 is 0 Å². The first-order chi connectivity index (χ1) is 7.16. The van der Waals surface area contributed by atoms with Gasteiger partial charge >= 0.3 is 5.97 Å². The SMILES string of the molecule is CC1COc2cc(CCC(=O)O)ccc21. The maximum Gasteiger partial charge on any atom is 0.303 e. The molecule has 0 fully saturated rings. The van der Waals surface area contributed by atoms with E-state index >= 15 is 0 Å². The number of aliphatic carboxylic acids is 1. The molecule has 0 aromatic heterocycles. The normalized spacial score (nSPS) is 18.3. The van der Waals surface area contributed by atoms with Crippen molar-refractivity contribution in [3.63, 3.8) is 0 Å². The number of rotatable bonds is 3. The van der Waals surface area contributed by atoms with Crippen molar-refractivity contribution in [2.24, 2.45) is 0 Å². The lowest BCUT2D eigenvalue weighted by atomic mass is 10.0. The van der Waals surface area contributed by atoms with Crippen molar-refractivity contribution >= 4 is 5.97 Å². The number of aryl methyl sites for hydroxylation is 1. The van der Waals surface area contributed by atoms with E-state index in [9.17, 15) is 4.79 Å². The van der Waals surface area contributed by atoms with E-state index in [1.165, 1.54) is 5.56 Å². The van der Waals surface area contributed by atoms with Crippen molar-refractivity contribution in [1.82, 2.24) is 0 Å². The lowest BCUT2D eigenvalue weighted by Gasteiger charge is -2.03. The van der Waals surface area contributed by atoms with Gasteiger partial charge in [-0.2, -0.15) is 0 Å². The molecule has 0 saturated carbocycles. The number of ether oxygens (including phenoxy) is 1. The zero-order valence-electron chi connectivity index (χ0n) is 8.69. The van der Waals surface area contributed by atoms with Gasteiger partial charge in [-0.1, -0.05) is 19.1 Å². The summed E-state index contributed by atoms with van der Waals surface area (Å²) in [6.45, 7) is 2.86. The minimum atomic E-state index is -0.759. The molecule has 80 valence electrons. The Morgan fingerprint density at radius 3 is 3.13 bits per heavy atom. The van der Waals surface area contributed by atoms with Crippen molar-refractivity contribution < 1.29 is 14.6 Å². The largest absolute Gasteiger partial charge is 0.493 e. The van der Waals surface area contributed by atoms with Crippen LogP contribution in [0.5, 0.6) is 5.75 Å². The van der Waals surface area contributed by atoms with Gasteiger partial charge in [-0.15, -0.1) is 0 Å². The second kappa shape index (κ2) is 3.93. The van der Waals surface area contributed by atoms with Gasteiger partial charge < -0.3 is 9.84 Å². The van der Waals surface area contributed by atoms with Crippen molar-refractivity contribution in [1.29, 1.82) is 0 Å². The third kappa shape index (κ3) is 2.12. The fourth-order valence-corrected chi connectivity index (χ4v) is 1.82. The fourth-order valence-electron chi connectivity index (χ4n) is 1.82. The molecular formula is C12H14O3. The van der Waals surface area contributed by atoms with Crippen molar-refractivity contribution in [2.75, 3.05) is 6.61 Å². The Kier molecular flexibility index (Phi) is 2.62. The molecule has 1 aliphatic heterocycles. The van der Waals surface area contributed by atoms with Gasteiger partial charge in [-0.3, -0.25) is 4.79 Å². The molecule has 0 aliphatic carbocycles. The molecule has 1 aromatic rings. The summed E-state index contributed by atoms with van der Waals surface area (Å²) in [4.78, 5) is 10.4. The maximum absolute atomic E-state index is 10.4. The van der Waals surface area contributed by atoms with Gasteiger partial charge in [-0.05, 0) is 18.1 Å². The van der Waals surface area contributed by atoms with Gasteiger partial charge in [0.25, 0.3) is 0 Å². The molecule has 0 bridgehead atoms. The summed E-state index contributed by atoms with van der Waals surface area (Å²) >= 11 is 0. The van der Waals surface area contributed by atoms with E-state index in [-0.39, 0.29) is 6.42 Å². The summed E-state index contributed by atoms with van der Waals surface area (Å²) < 4.78 is 5.51. The predicted molar refractivity (Wildman–Crippen MR) is 56.3 cm³/mol. The molecule has 2 rings (SSSR count). The molecule has 0 radical (unpaired) electrons. The molecule has 1 aromatic carbocycles. The number of benzene rings is 1. The van der Waals surface area contributed by atoms with Crippen LogP contribution in [0.4, 0.5) is 0 Å². The van der Waals surface area contributed by atoms with Gasteiger partial charge in [0.2, 0.25) is 0 Å². The molecule has 0 spiro atoms. The molecule has 1 heterocycles. The van der Waals surface area contributed by atoms with Gasteiger partial charge in [-0.25, -0.2) is 0 Å². The minimum Gasteiger partial charge on any atom is -0.493 e. The van der Waals surface area contributed by atoms with Crippen LogP contribution in [0.2, 0.25) is 0 Å². The van der Waals surface area contributed by atoms with Crippen LogP contribution in [0.3, 0.4) is 0 Å². The number of carboxylic acid groups (broad SMARTS) is 1. The topological polar surface area (TPSA) is 46.5 Å². The van der Waals surface area contributed by atoms with Gasteiger partial charge in [0.05, 0.1) is 6.61 Å². The zero-order chi connectivity index (χ0) is 10.8. The van der Waals surface area contributed by atoms with E-state index in [1.54, 1.807) is 0 Å². The highest BCUT2D eigenvalue weighted by Crippen LogP contribution is 2.34. The van der Waals surface area contributed by atoms with E-state index in [0.717, 1.165) is 17.9 Å². The Bertz CT molecular complexity index is 384. The first-order valence-corrected chi connectivity index (χ1v) is 5.14. The molecule has 3 nitrogen and oxygen atoms in total. The second-order valence-electron chi connectivity index (χ2n) is 3.98. The van der Waals surface area contributed by atoms with Gasteiger partial charge in [0.15, 0.2) is 0 Å². The standard InChI is InChI=1S/C12H14O3/c1-8-7-15-11-6-9(2-4-10(8)11)3-5-12(13)14/h2,4,6,8H,3,5,7H2,1H3,(H,13,14). The summed E-state index contributed by atoms with van der Waals surface area (Å²) in [5.74, 6) is 0.615. The van der Waals surface area contributed by atoms with Crippen molar-refractivity contribution in [2.45, 2.75) is 25.7 Å². The average Bonchev–Trinajstić information content (AvgIpc) is 2.57. The highest BCUT2D eigenvalue weighted by Gasteiger charge is 2.19. The molecule has 15 heavy (non-hydrogen) atoms. The third-order valence-electron chi connectivity index (χ3n) is 2.73. The number of hydrogen-bond donors (Lipinski definition) is 1. The van der Waals surface area contributed by atoms with Crippen LogP contribution < -0.4 is 4.74 Å². The summed E-state index contributed by atoms with van der Waals surface area (Å²) in [5, 5.41) is 8.58. The molecular weight excluding hydrogens is 192 g/mol. The summed E-state index contributed by atoms with van der Waals surface area (Å²) in [5.41, 5.74) is 2.26. The number of fused-ring (bicyclic) bond motifs is 1. The average molecular weight is 206 g/mol. The lowest BCUT2D eigenvalue weighted by Crippen LogP contribution is -1.97. The Hall–Kier alpha value is -1.51. The number of hydrogen-bond acceptors (Lipinski definition) is 2. The van der Waals surface area contributed by atoms with Gasteiger partial charge in [0, 0.05) is 17.9 Å². The molecule has 0 saturated heterocycles. The van der Waals surface area contributed by atoms with Crippen molar-refractivity contribution in [3.05, 3.63) is 29.3 Å². The monoisotopic (exact) mass is 206 g/mol. The van der Waals surface area contributed by atoms with E-state index < -0.39 is 5.97 Å². The van der Waals surface area contributed by atoms with Crippen LogP contribution in [0, 0.1) is 0 Å². The fraction of sp³-hybridized carbons (Fsp3) is 0.417. The first-order valence-electron chi connectivity index (χ1n) is 5.14. The van der Waals surface area contributed by atoms with E-state index in [2.05, 4.69) is 6.92 Å². The zero-order valence-corrected chi connectivity index (χ0v) is 8.69. The Balaban J connectivity index is 2.12. The van der Waals surface area contributed by atoms with Crippen LogP contribution in [-0.2, 0) is 11.2 Å². The number of carbonyl (C=O) groups is 1. The van der Waals surface area contributed by atoms with Crippen LogP contribution in [0.1, 0.15) is 30.4 Å². The summed E-state index contributed by atoms with van der Waals surface area (Å²) in [6, 6.07) is 6.00. The predicted octanol–water partition coefficient (Wildman–Crippen LogP) is 2.20. The molecule has 1 N–H and O–H groups in total. The smallest absolute Gasteiger partial charge is 0.303 e. The Labute approximate surface area is 88.7 Å². The lowest BCUT2D eigenvalue weighted by molar-refractivity contribution is -0.136. The van der Waals surface area contributed by atoms with E-state index in [4.69, 9.17) is 9.84 Å². The highest BCUT2D eigenvalue weighted by atomic mass is 16.5. The van der Waals surface area contributed by atoms with Crippen LogP contribution in [-0.4, -0.2) is 17.7 Å². The number of carboxylic acids is 1. The highest BCUT2D eigenvalue weighted by molar-refractivity contribution is 5.67.